The second-order valence-corrected chi connectivity index (χ2v) is 4.89. The molecule has 5 heteroatoms. The van der Waals surface area contributed by atoms with Gasteiger partial charge in [-0.15, -0.1) is 0 Å². The number of benzene rings is 1. The van der Waals surface area contributed by atoms with E-state index in [0.717, 1.165) is 29.7 Å². The Hall–Kier alpha value is -2.32. The molecule has 1 aromatic carbocycles. The lowest BCUT2D eigenvalue weighted by Crippen LogP contribution is -2.19. The fourth-order valence-electron chi connectivity index (χ4n) is 2.02. The average molecular weight is 301 g/mol. The van der Waals surface area contributed by atoms with Crippen LogP contribution in [-0.4, -0.2) is 26.2 Å². The van der Waals surface area contributed by atoms with Crippen LogP contribution in [0.1, 0.15) is 24.5 Å². The topological polar surface area (TPSA) is 74.2 Å². The van der Waals surface area contributed by atoms with Gasteiger partial charge in [0.05, 0.1) is 0 Å². The first-order valence-electron chi connectivity index (χ1n) is 7.36. The lowest BCUT2D eigenvalue weighted by molar-refractivity contribution is -0.112. The highest BCUT2D eigenvalue weighted by Crippen LogP contribution is 2.21. The molecule has 118 valence electrons. The Bertz CT molecular complexity index is 574. The summed E-state index contributed by atoms with van der Waals surface area (Å²) < 4.78 is 4.94. The molecule has 0 aliphatic heterocycles. The van der Waals surface area contributed by atoms with Gasteiger partial charge >= 0.3 is 0 Å². The molecule has 1 rings (SSSR count). The molecule has 0 heterocycles. The van der Waals surface area contributed by atoms with Gasteiger partial charge in [-0.25, -0.2) is 0 Å². The molecule has 0 unspecified atom stereocenters. The third kappa shape index (κ3) is 5.23. The maximum Gasteiger partial charge on any atom is 0.267 e. The van der Waals surface area contributed by atoms with E-state index in [2.05, 4.69) is 10.6 Å². The SMILES string of the molecule is CCc1cccc(C)c1NC(=O)/C(C#N)=C\NCCCOC. The number of nitriles is 1. The lowest BCUT2D eigenvalue weighted by Gasteiger charge is -2.12. The van der Waals surface area contributed by atoms with Gasteiger partial charge in [0.15, 0.2) is 0 Å². The molecule has 22 heavy (non-hydrogen) atoms. The van der Waals surface area contributed by atoms with Crippen molar-refractivity contribution >= 4 is 11.6 Å². The van der Waals surface area contributed by atoms with Crippen LogP contribution in [-0.2, 0) is 16.0 Å². The van der Waals surface area contributed by atoms with Crippen molar-refractivity contribution in [1.82, 2.24) is 5.32 Å². The summed E-state index contributed by atoms with van der Waals surface area (Å²) in [4.78, 5) is 12.2. The molecular weight excluding hydrogens is 278 g/mol. The van der Waals surface area contributed by atoms with Crippen molar-refractivity contribution in [3.8, 4) is 6.07 Å². The van der Waals surface area contributed by atoms with Gasteiger partial charge in [-0.1, -0.05) is 25.1 Å². The molecule has 2 N–H and O–H groups in total. The number of methoxy groups -OCH3 is 1. The number of hydrogen-bond acceptors (Lipinski definition) is 4. The maximum absolute atomic E-state index is 12.2. The van der Waals surface area contributed by atoms with Crippen molar-refractivity contribution < 1.29 is 9.53 Å². The van der Waals surface area contributed by atoms with Crippen molar-refractivity contribution in [2.45, 2.75) is 26.7 Å². The highest BCUT2D eigenvalue weighted by Gasteiger charge is 2.12. The Morgan fingerprint density at radius 1 is 1.45 bits per heavy atom. The van der Waals surface area contributed by atoms with Gasteiger partial charge in [0.2, 0.25) is 0 Å². The summed E-state index contributed by atoms with van der Waals surface area (Å²) in [5.41, 5.74) is 2.88. The Kier molecular flexibility index (Phi) is 7.73. The van der Waals surface area contributed by atoms with Crippen LogP contribution < -0.4 is 10.6 Å². The van der Waals surface area contributed by atoms with Crippen LogP contribution in [0.15, 0.2) is 30.0 Å². The summed E-state index contributed by atoms with van der Waals surface area (Å²) in [7, 11) is 1.64. The molecule has 0 spiro atoms. The number of anilines is 1. The van der Waals surface area contributed by atoms with Gasteiger partial charge in [0.1, 0.15) is 11.6 Å². The standard InChI is InChI=1S/C17H23N3O2/c1-4-14-8-5-7-13(2)16(14)20-17(21)15(11-18)12-19-9-6-10-22-3/h5,7-8,12,19H,4,6,9-10H2,1-3H3,(H,20,21)/b15-12-. The van der Waals surface area contributed by atoms with Crippen molar-refractivity contribution in [1.29, 1.82) is 5.26 Å². The number of para-hydroxylation sites is 1. The summed E-state index contributed by atoms with van der Waals surface area (Å²) in [6, 6.07) is 7.80. The third-order valence-corrected chi connectivity index (χ3v) is 3.26. The third-order valence-electron chi connectivity index (χ3n) is 3.26. The van der Waals surface area contributed by atoms with E-state index < -0.39 is 5.91 Å². The zero-order valence-electron chi connectivity index (χ0n) is 13.4. The fraction of sp³-hybridized carbons (Fsp3) is 0.412. The van der Waals surface area contributed by atoms with Gasteiger partial charge < -0.3 is 15.4 Å². The van der Waals surface area contributed by atoms with E-state index in [9.17, 15) is 4.79 Å². The number of nitrogens with zero attached hydrogens (tertiary/aromatic N) is 1. The van der Waals surface area contributed by atoms with Gasteiger partial charge in [-0.2, -0.15) is 5.26 Å². The molecule has 0 atom stereocenters. The van der Waals surface area contributed by atoms with Gasteiger partial charge in [-0.05, 0) is 30.9 Å². The lowest BCUT2D eigenvalue weighted by atomic mass is 10.1. The number of nitrogens with one attached hydrogen (secondary N) is 2. The fourth-order valence-corrected chi connectivity index (χ4v) is 2.02. The largest absolute Gasteiger partial charge is 0.390 e. The van der Waals surface area contributed by atoms with Crippen LogP contribution in [0.4, 0.5) is 5.69 Å². The van der Waals surface area contributed by atoms with Crippen molar-refractivity contribution in [2.75, 3.05) is 25.6 Å². The van der Waals surface area contributed by atoms with E-state index in [1.54, 1.807) is 7.11 Å². The van der Waals surface area contributed by atoms with E-state index in [-0.39, 0.29) is 5.57 Å². The summed E-state index contributed by atoms with van der Waals surface area (Å²) in [5.74, 6) is -0.397. The quantitative estimate of drug-likeness (QED) is 0.439. The number of carbonyl (C=O) groups excluding carboxylic acids is 1. The summed E-state index contributed by atoms with van der Waals surface area (Å²) in [6.07, 6.45) is 3.08. The van der Waals surface area contributed by atoms with E-state index >= 15 is 0 Å². The smallest absolute Gasteiger partial charge is 0.267 e. The van der Waals surface area contributed by atoms with Crippen molar-refractivity contribution in [3.05, 3.63) is 41.1 Å². The van der Waals surface area contributed by atoms with Gasteiger partial charge in [0.25, 0.3) is 5.91 Å². The maximum atomic E-state index is 12.2. The molecule has 0 bridgehead atoms. The second kappa shape index (κ2) is 9.59. The Balaban J connectivity index is 2.74. The van der Waals surface area contributed by atoms with E-state index in [1.807, 2.05) is 38.1 Å². The number of amides is 1. The molecule has 5 nitrogen and oxygen atoms in total. The molecule has 0 aliphatic rings. The highest BCUT2D eigenvalue weighted by molar-refractivity contribution is 6.07. The predicted octanol–water partition coefficient (Wildman–Crippen LogP) is 2.53. The molecule has 0 fully saturated rings. The Morgan fingerprint density at radius 2 is 2.23 bits per heavy atom. The normalized spacial score (nSPS) is 10.9. The van der Waals surface area contributed by atoms with E-state index in [0.29, 0.717) is 13.2 Å². The monoisotopic (exact) mass is 301 g/mol. The predicted molar refractivity (Wildman–Crippen MR) is 87.4 cm³/mol. The summed E-state index contributed by atoms with van der Waals surface area (Å²) in [5, 5.41) is 14.9. The van der Waals surface area contributed by atoms with Crippen LogP contribution in [0.5, 0.6) is 0 Å². The minimum absolute atomic E-state index is 0.0581. The molecule has 0 radical (unpaired) electrons. The molecule has 1 amide bonds. The van der Waals surface area contributed by atoms with Gasteiger partial charge in [0, 0.05) is 32.1 Å². The summed E-state index contributed by atoms with van der Waals surface area (Å²) in [6.45, 7) is 5.26. The molecule has 0 aliphatic carbocycles. The van der Waals surface area contributed by atoms with Crippen molar-refractivity contribution in [3.63, 3.8) is 0 Å². The first kappa shape index (κ1) is 17.7. The number of hydrogen-bond donors (Lipinski definition) is 2. The number of rotatable bonds is 8. The van der Waals surface area contributed by atoms with Crippen LogP contribution >= 0.6 is 0 Å². The van der Waals surface area contributed by atoms with Crippen molar-refractivity contribution in [2.24, 2.45) is 0 Å². The number of ether oxygens (including phenoxy) is 1. The molecule has 0 aromatic heterocycles. The summed E-state index contributed by atoms with van der Waals surface area (Å²) >= 11 is 0. The average Bonchev–Trinajstić information content (AvgIpc) is 2.52. The van der Waals surface area contributed by atoms with Crippen LogP contribution in [0.25, 0.3) is 0 Å². The Labute approximate surface area is 132 Å². The minimum atomic E-state index is -0.397. The van der Waals surface area contributed by atoms with Crippen LogP contribution in [0, 0.1) is 18.3 Å². The molecule has 1 aromatic rings. The Morgan fingerprint density at radius 3 is 2.86 bits per heavy atom. The number of carbonyl (C=O) groups is 1. The van der Waals surface area contributed by atoms with Crippen LogP contribution in [0.2, 0.25) is 0 Å². The zero-order valence-corrected chi connectivity index (χ0v) is 13.4. The number of aryl methyl sites for hydroxylation is 2. The second-order valence-electron chi connectivity index (χ2n) is 4.89. The first-order chi connectivity index (χ1) is 10.6. The minimum Gasteiger partial charge on any atom is -0.390 e. The molecule has 0 saturated heterocycles. The van der Waals surface area contributed by atoms with Gasteiger partial charge in [-0.3, -0.25) is 4.79 Å². The van der Waals surface area contributed by atoms with E-state index in [4.69, 9.17) is 10.00 Å². The molecule has 0 saturated carbocycles. The zero-order chi connectivity index (χ0) is 16.4. The first-order valence-corrected chi connectivity index (χ1v) is 7.36. The van der Waals surface area contributed by atoms with E-state index in [1.165, 1.54) is 6.20 Å². The molecular formula is C17H23N3O2. The van der Waals surface area contributed by atoms with Crippen LogP contribution in [0.3, 0.4) is 0 Å². The highest BCUT2D eigenvalue weighted by atomic mass is 16.5.